The maximum Gasteiger partial charge on any atom is 0.0462 e. The highest BCUT2D eigenvalue weighted by Crippen LogP contribution is 2.13. The molecule has 0 aromatic rings. The summed E-state index contributed by atoms with van der Waals surface area (Å²) in [5.41, 5.74) is 0. The van der Waals surface area contributed by atoms with E-state index in [2.05, 4.69) is 0 Å². The predicted molar refractivity (Wildman–Crippen MR) is 96.3 cm³/mol. The van der Waals surface area contributed by atoms with Gasteiger partial charge < -0.3 is 9.84 Å². The Kier molecular flexibility index (Phi) is 20.5. The third-order valence-electron chi connectivity index (χ3n) is 3.83. The van der Waals surface area contributed by atoms with Crippen LogP contribution in [0.5, 0.6) is 0 Å². The van der Waals surface area contributed by atoms with Gasteiger partial charge in [-0.3, -0.25) is 0 Å². The van der Waals surface area contributed by atoms with Crippen LogP contribution >= 0.6 is 11.8 Å². The predicted octanol–water partition coefficient (Wildman–Crippen LogP) is 5.43. The van der Waals surface area contributed by atoms with Gasteiger partial charge in [-0.15, -0.1) is 0 Å². The lowest BCUT2D eigenvalue weighted by Gasteiger charge is -2.03. The summed E-state index contributed by atoms with van der Waals surface area (Å²) >= 11 is 1.99. The van der Waals surface area contributed by atoms with Crippen LogP contribution in [0.25, 0.3) is 0 Å². The summed E-state index contributed by atoms with van der Waals surface area (Å²) in [5, 5.41) is 8.67. The molecule has 2 nitrogen and oxygen atoms in total. The lowest BCUT2D eigenvalue weighted by atomic mass is 10.1. The van der Waals surface area contributed by atoms with Gasteiger partial charge in [-0.2, -0.15) is 11.8 Å². The Morgan fingerprint density at radius 2 is 1.05 bits per heavy atom. The van der Waals surface area contributed by atoms with Crippen molar-refractivity contribution in [2.24, 2.45) is 0 Å². The zero-order chi connectivity index (χ0) is 15.4. The fraction of sp³-hybridized carbons (Fsp3) is 1.00. The van der Waals surface area contributed by atoms with Crippen molar-refractivity contribution in [1.82, 2.24) is 0 Å². The third kappa shape index (κ3) is 20.3. The molecular weight excluding hydrogens is 280 g/mol. The fourth-order valence-electron chi connectivity index (χ4n) is 2.49. The van der Waals surface area contributed by atoms with Crippen molar-refractivity contribution >= 4 is 11.8 Å². The van der Waals surface area contributed by atoms with Crippen LogP contribution in [0.2, 0.25) is 0 Å². The van der Waals surface area contributed by atoms with Crippen molar-refractivity contribution in [1.29, 1.82) is 0 Å². The van der Waals surface area contributed by atoms with Crippen LogP contribution in [0, 0.1) is 0 Å². The van der Waals surface area contributed by atoms with Crippen molar-refractivity contribution < 1.29 is 9.84 Å². The molecule has 0 rings (SSSR count). The van der Waals surface area contributed by atoms with E-state index >= 15 is 0 Å². The summed E-state index contributed by atoms with van der Waals surface area (Å²) in [6.45, 7) is 1.28. The minimum absolute atomic E-state index is 0.347. The van der Waals surface area contributed by atoms with E-state index < -0.39 is 0 Å². The van der Waals surface area contributed by atoms with Gasteiger partial charge in [-0.05, 0) is 30.8 Å². The first-order chi connectivity index (χ1) is 10.4. The van der Waals surface area contributed by atoms with Gasteiger partial charge in [0.1, 0.15) is 0 Å². The van der Waals surface area contributed by atoms with Gasteiger partial charge in [-0.25, -0.2) is 0 Å². The maximum atomic E-state index is 8.67. The molecule has 0 bridgehead atoms. The summed E-state index contributed by atoms with van der Waals surface area (Å²) in [5.74, 6) is 2.41. The van der Waals surface area contributed by atoms with Gasteiger partial charge in [0.05, 0.1) is 0 Å². The third-order valence-corrected chi connectivity index (χ3v) is 4.99. The zero-order valence-electron chi connectivity index (χ0n) is 14.3. The van der Waals surface area contributed by atoms with E-state index in [0.717, 1.165) is 18.8 Å². The van der Waals surface area contributed by atoms with Crippen molar-refractivity contribution in [2.75, 3.05) is 31.8 Å². The number of hydrogen-bond acceptors (Lipinski definition) is 3. The molecule has 3 heteroatoms. The van der Waals surface area contributed by atoms with Gasteiger partial charge in [0.15, 0.2) is 0 Å². The molecule has 0 saturated carbocycles. The molecule has 1 N–H and O–H groups in total. The number of ether oxygens (including phenoxy) is 1. The molecule has 0 amide bonds. The summed E-state index contributed by atoms with van der Waals surface area (Å²) in [6, 6.07) is 0. The van der Waals surface area contributed by atoms with Gasteiger partial charge in [0.25, 0.3) is 0 Å². The Labute approximate surface area is 137 Å². The van der Waals surface area contributed by atoms with E-state index in [1.807, 2.05) is 11.8 Å². The molecule has 0 atom stereocenters. The number of unbranched alkanes of at least 4 members (excludes halogenated alkanes) is 11. The van der Waals surface area contributed by atoms with E-state index in [-0.39, 0.29) is 0 Å². The minimum Gasteiger partial charge on any atom is -0.396 e. The number of thioether (sulfide) groups is 1. The van der Waals surface area contributed by atoms with Gasteiger partial charge in [0.2, 0.25) is 0 Å². The second-order valence-electron chi connectivity index (χ2n) is 5.92. The topological polar surface area (TPSA) is 29.5 Å². The first kappa shape index (κ1) is 21.3. The first-order valence-electron chi connectivity index (χ1n) is 9.09. The van der Waals surface area contributed by atoms with E-state index in [9.17, 15) is 0 Å². The molecular formula is C18H38O2S. The second kappa shape index (κ2) is 20.3. The number of rotatable bonds is 18. The molecule has 0 aliphatic rings. The number of aliphatic hydroxyl groups is 1. The van der Waals surface area contributed by atoms with Crippen molar-refractivity contribution in [3.63, 3.8) is 0 Å². The molecule has 0 spiro atoms. The SMILES string of the molecule is COCCCCCCCCCCCCCCSCCCO. The second-order valence-corrected chi connectivity index (χ2v) is 7.15. The van der Waals surface area contributed by atoms with Gasteiger partial charge in [-0.1, -0.05) is 64.2 Å². The Balaban J connectivity index is 2.90. The van der Waals surface area contributed by atoms with Crippen LogP contribution in [0.15, 0.2) is 0 Å². The first-order valence-corrected chi connectivity index (χ1v) is 10.2. The van der Waals surface area contributed by atoms with E-state index in [0.29, 0.717) is 6.61 Å². The van der Waals surface area contributed by atoms with Crippen LogP contribution < -0.4 is 0 Å². The lowest BCUT2D eigenvalue weighted by Crippen LogP contribution is -1.89. The Morgan fingerprint density at radius 3 is 1.52 bits per heavy atom. The molecule has 0 aromatic carbocycles. The summed E-state index contributed by atoms with van der Waals surface area (Å²) in [4.78, 5) is 0. The van der Waals surface area contributed by atoms with Crippen LogP contribution in [0.3, 0.4) is 0 Å². The molecule has 0 radical (unpaired) electrons. The number of aliphatic hydroxyl groups excluding tert-OH is 1. The molecule has 0 fully saturated rings. The molecule has 0 aliphatic heterocycles. The van der Waals surface area contributed by atoms with Crippen molar-refractivity contribution in [2.45, 2.75) is 83.5 Å². The minimum atomic E-state index is 0.347. The normalized spacial score (nSPS) is 11.1. The van der Waals surface area contributed by atoms with Crippen LogP contribution in [0.4, 0.5) is 0 Å². The lowest BCUT2D eigenvalue weighted by molar-refractivity contribution is 0.192. The molecule has 0 saturated heterocycles. The molecule has 21 heavy (non-hydrogen) atoms. The standard InChI is InChI=1S/C18H38O2S/c1-20-16-12-10-8-6-4-2-3-5-7-9-11-13-17-21-18-14-15-19/h19H,2-18H2,1H3. The van der Waals surface area contributed by atoms with Crippen LogP contribution in [-0.2, 0) is 4.74 Å². The number of hydrogen-bond donors (Lipinski definition) is 1. The smallest absolute Gasteiger partial charge is 0.0462 e. The Bertz CT molecular complexity index is 159. The molecule has 0 aromatic heterocycles. The maximum absolute atomic E-state index is 8.67. The molecule has 0 unspecified atom stereocenters. The highest BCUT2D eigenvalue weighted by atomic mass is 32.2. The van der Waals surface area contributed by atoms with E-state index in [4.69, 9.17) is 9.84 Å². The number of methoxy groups -OCH3 is 1. The quantitative estimate of drug-likeness (QED) is 0.342. The molecule has 0 heterocycles. The monoisotopic (exact) mass is 318 g/mol. The Hall–Kier alpha value is 0.270. The molecule has 128 valence electrons. The van der Waals surface area contributed by atoms with Gasteiger partial charge in [0, 0.05) is 20.3 Å². The van der Waals surface area contributed by atoms with Crippen LogP contribution in [0.1, 0.15) is 83.5 Å². The highest BCUT2D eigenvalue weighted by molar-refractivity contribution is 7.99. The van der Waals surface area contributed by atoms with E-state index in [1.54, 1.807) is 7.11 Å². The summed E-state index contributed by atoms with van der Waals surface area (Å²) in [7, 11) is 1.79. The molecule has 0 aliphatic carbocycles. The van der Waals surface area contributed by atoms with Crippen molar-refractivity contribution in [3.05, 3.63) is 0 Å². The zero-order valence-corrected chi connectivity index (χ0v) is 15.1. The van der Waals surface area contributed by atoms with Gasteiger partial charge >= 0.3 is 0 Å². The average molecular weight is 319 g/mol. The van der Waals surface area contributed by atoms with E-state index in [1.165, 1.54) is 82.8 Å². The fourth-order valence-corrected chi connectivity index (χ4v) is 3.43. The Morgan fingerprint density at radius 1 is 0.619 bits per heavy atom. The van der Waals surface area contributed by atoms with Crippen molar-refractivity contribution in [3.8, 4) is 0 Å². The summed E-state index contributed by atoms with van der Waals surface area (Å²) in [6.07, 6.45) is 17.6. The summed E-state index contributed by atoms with van der Waals surface area (Å²) < 4.78 is 5.05. The average Bonchev–Trinajstić information content (AvgIpc) is 2.50. The highest BCUT2D eigenvalue weighted by Gasteiger charge is 1.94. The van der Waals surface area contributed by atoms with Crippen LogP contribution in [-0.4, -0.2) is 36.9 Å². The largest absolute Gasteiger partial charge is 0.396 e.